The van der Waals surface area contributed by atoms with Crippen molar-refractivity contribution in [3.8, 4) is 5.75 Å². The van der Waals surface area contributed by atoms with Gasteiger partial charge in [0.2, 0.25) is 0 Å². The lowest BCUT2D eigenvalue weighted by molar-refractivity contribution is 0.0991. The van der Waals surface area contributed by atoms with Gasteiger partial charge in [-0.1, -0.05) is 55.6 Å². The topological polar surface area (TPSA) is 26.3 Å². The van der Waals surface area contributed by atoms with Crippen LogP contribution < -0.4 is 4.74 Å². The molecule has 5 heteroatoms. The van der Waals surface area contributed by atoms with E-state index in [4.69, 9.17) is 16.3 Å². The van der Waals surface area contributed by atoms with E-state index in [0.29, 0.717) is 10.6 Å². The van der Waals surface area contributed by atoms with Crippen LogP contribution in [-0.4, -0.2) is 17.7 Å². The predicted octanol–water partition coefficient (Wildman–Crippen LogP) is 5.43. The van der Waals surface area contributed by atoms with E-state index >= 15 is 0 Å². The highest BCUT2D eigenvalue weighted by atomic mass is 79.9. The van der Waals surface area contributed by atoms with Crippen molar-refractivity contribution < 1.29 is 9.53 Å². The number of ether oxygens (including phenoxy) is 1. The smallest absolute Gasteiger partial charge is 0.177 e. The first-order valence-corrected chi connectivity index (χ1v) is 8.45. The molecular formula is C16H13Br2ClO2. The maximum Gasteiger partial charge on any atom is 0.177 e. The Balaban J connectivity index is 2.15. The molecule has 0 bridgehead atoms. The van der Waals surface area contributed by atoms with E-state index in [1.54, 1.807) is 31.4 Å². The monoisotopic (exact) mass is 430 g/mol. The van der Waals surface area contributed by atoms with Crippen LogP contribution in [0.3, 0.4) is 0 Å². The molecule has 110 valence electrons. The van der Waals surface area contributed by atoms with E-state index in [0.717, 1.165) is 11.3 Å². The molecule has 2 atom stereocenters. The Morgan fingerprint density at radius 3 is 2.14 bits per heavy atom. The summed E-state index contributed by atoms with van der Waals surface area (Å²) in [5, 5.41) is 0.672. The number of carbonyl (C=O) groups is 1. The summed E-state index contributed by atoms with van der Waals surface area (Å²) in [6.45, 7) is 0. The number of carbonyl (C=O) groups excluding carboxylic acids is 1. The molecule has 2 aromatic rings. The molecule has 0 N–H and O–H groups in total. The number of Topliss-reactive ketones (excluding diaryl/α,β-unsaturated/α-hetero) is 1. The van der Waals surface area contributed by atoms with E-state index < -0.39 is 0 Å². The van der Waals surface area contributed by atoms with Crippen LogP contribution in [0.15, 0.2) is 48.5 Å². The Kier molecular flexibility index (Phi) is 5.85. The summed E-state index contributed by atoms with van der Waals surface area (Å²) in [5.74, 6) is 0.736. The molecule has 0 amide bonds. The second kappa shape index (κ2) is 7.43. The second-order valence-corrected chi connectivity index (χ2v) is 6.86. The van der Waals surface area contributed by atoms with Gasteiger partial charge >= 0.3 is 0 Å². The number of hydrogen-bond acceptors (Lipinski definition) is 2. The minimum absolute atomic E-state index is 0.00878. The Labute approximate surface area is 145 Å². The van der Waals surface area contributed by atoms with Gasteiger partial charge in [-0.05, 0) is 42.0 Å². The standard InChI is InChI=1S/C16H13Br2ClO2/c1-21-13-8-4-11(5-9-13)16(20)15(18)14(17)10-2-6-12(19)7-3-10/h2-9,14-15H,1H3. The number of hydrogen-bond donors (Lipinski definition) is 0. The van der Waals surface area contributed by atoms with Crippen molar-refractivity contribution in [3.63, 3.8) is 0 Å². The lowest BCUT2D eigenvalue weighted by Crippen LogP contribution is -2.19. The Morgan fingerprint density at radius 1 is 1.05 bits per heavy atom. The molecule has 0 heterocycles. The first kappa shape index (κ1) is 16.5. The Hall–Kier alpha value is -0.840. The zero-order valence-electron chi connectivity index (χ0n) is 11.2. The van der Waals surface area contributed by atoms with E-state index in [2.05, 4.69) is 31.9 Å². The number of ketones is 1. The molecule has 2 unspecified atom stereocenters. The van der Waals surface area contributed by atoms with Gasteiger partial charge in [0.05, 0.1) is 16.8 Å². The van der Waals surface area contributed by atoms with E-state index in [1.807, 2.05) is 24.3 Å². The van der Waals surface area contributed by atoms with Gasteiger partial charge in [0.1, 0.15) is 5.75 Å². The second-order valence-electron chi connectivity index (χ2n) is 4.45. The van der Waals surface area contributed by atoms with Crippen LogP contribution >= 0.6 is 43.5 Å². The number of benzene rings is 2. The molecule has 0 fully saturated rings. The van der Waals surface area contributed by atoms with Crippen molar-refractivity contribution >= 4 is 49.2 Å². The summed E-state index contributed by atoms with van der Waals surface area (Å²) in [7, 11) is 1.60. The number of halogens is 3. The largest absolute Gasteiger partial charge is 0.497 e. The van der Waals surface area contributed by atoms with Gasteiger partial charge in [-0.3, -0.25) is 4.79 Å². The van der Waals surface area contributed by atoms with Crippen LogP contribution in [0.2, 0.25) is 5.02 Å². The highest BCUT2D eigenvalue weighted by Crippen LogP contribution is 2.34. The summed E-state index contributed by atoms with van der Waals surface area (Å²) in [4.78, 5) is 12.0. The fourth-order valence-electron chi connectivity index (χ4n) is 1.86. The van der Waals surface area contributed by atoms with Crippen LogP contribution in [0.5, 0.6) is 5.75 Å². The minimum atomic E-state index is -0.368. The summed E-state index contributed by atoms with van der Waals surface area (Å²) in [6, 6.07) is 14.5. The molecule has 21 heavy (non-hydrogen) atoms. The van der Waals surface area contributed by atoms with Gasteiger partial charge in [-0.25, -0.2) is 0 Å². The summed E-state index contributed by atoms with van der Waals surface area (Å²) in [5.41, 5.74) is 1.62. The maximum absolute atomic E-state index is 12.5. The van der Waals surface area contributed by atoms with Gasteiger partial charge in [-0.2, -0.15) is 0 Å². The van der Waals surface area contributed by atoms with E-state index in [9.17, 15) is 4.79 Å². The molecule has 0 radical (unpaired) electrons. The fraction of sp³-hybridized carbons (Fsp3) is 0.188. The van der Waals surface area contributed by atoms with Crippen LogP contribution in [0, 0.1) is 0 Å². The third-order valence-corrected chi connectivity index (χ3v) is 6.03. The molecule has 0 aromatic heterocycles. The van der Waals surface area contributed by atoms with Crippen LogP contribution in [0.25, 0.3) is 0 Å². The third kappa shape index (κ3) is 4.09. The van der Waals surface area contributed by atoms with Crippen LogP contribution in [0.4, 0.5) is 0 Å². The fourth-order valence-corrected chi connectivity index (χ4v) is 3.10. The first-order valence-electron chi connectivity index (χ1n) is 6.25. The Bertz CT molecular complexity index is 611. The molecule has 2 nitrogen and oxygen atoms in total. The average molecular weight is 433 g/mol. The predicted molar refractivity (Wildman–Crippen MR) is 93.2 cm³/mol. The molecule has 0 saturated carbocycles. The van der Waals surface area contributed by atoms with E-state index in [1.165, 1.54) is 0 Å². The van der Waals surface area contributed by atoms with Gasteiger partial charge in [0.15, 0.2) is 5.78 Å². The lowest BCUT2D eigenvalue weighted by Gasteiger charge is -2.16. The summed E-state index contributed by atoms with van der Waals surface area (Å²) >= 11 is 12.9. The lowest BCUT2D eigenvalue weighted by atomic mass is 10.0. The van der Waals surface area contributed by atoms with Gasteiger partial charge < -0.3 is 4.74 Å². The Morgan fingerprint density at radius 2 is 1.62 bits per heavy atom. The first-order chi connectivity index (χ1) is 10.0. The summed E-state index contributed by atoms with van der Waals surface area (Å²) < 4.78 is 5.09. The quantitative estimate of drug-likeness (QED) is 0.465. The molecule has 0 aliphatic rings. The van der Waals surface area contributed by atoms with Crippen molar-refractivity contribution in [2.45, 2.75) is 9.65 Å². The van der Waals surface area contributed by atoms with Crippen molar-refractivity contribution in [2.24, 2.45) is 0 Å². The molecule has 0 spiro atoms. The zero-order valence-corrected chi connectivity index (χ0v) is 15.2. The third-order valence-electron chi connectivity index (χ3n) is 3.07. The SMILES string of the molecule is COc1ccc(C(=O)C(Br)C(Br)c2ccc(Cl)cc2)cc1. The molecular weight excluding hydrogens is 419 g/mol. The molecule has 0 saturated heterocycles. The highest BCUT2D eigenvalue weighted by molar-refractivity contribution is 9.12. The number of rotatable bonds is 5. The molecule has 0 aliphatic heterocycles. The van der Waals surface area contributed by atoms with Crippen molar-refractivity contribution in [3.05, 3.63) is 64.7 Å². The number of methoxy groups -OCH3 is 1. The molecule has 2 aromatic carbocycles. The van der Waals surface area contributed by atoms with Crippen LogP contribution in [-0.2, 0) is 0 Å². The minimum Gasteiger partial charge on any atom is -0.497 e. The van der Waals surface area contributed by atoms with E-state index in [-0.39, 0.29) is 15.4 Å². The zero-order chi connectivity index (χ0) is 15.4. The van der Waals surface area contributed by atoms with Gasteiger partial charge in [-0.15, -0.1) is 0 Å². The van der Waals surface area contributed by atoms with Gasteiger partial charge in [0, 0.05) is 10.6 Å². The molecule has 2 rings (SSSR count). The normalized spacial score (nSPS) is 13.5. The average Bonchev–Trinajstić information content (AvgIpc) is 2.53. The summed E-state index contributed by atoms with van der Waals surface area (Å²) in [6.07, 6.45) is 0. The van der Waals surface area contributed by atoms with Gasteiger partial charge in [0.25, 0.3) is 0 Å². The maximum atomic E-state index is 12.5. The molecule has 0 aliphatic carbocycles. The van der Waals surface area contributed by atoms with Crippen molar-refractivity contribution in [1.29, 1.82) is 0 Å². The van der Waals surface area contributed by atoms with Crippen molar-refractivity contribution in [2.75, 3.05) is 7.11 Å². The highest BCUT2D eigenvalue weighted by Gasteiger charge is 2.26. The van der Waals surface area contributed by atoms with Crippen LogP contribution in [0.1, 0.15) is 20.7 Å². The van der Waals surface area contributed by atoms with Crippen molar-refractivity contribution in [1.82, 2.24) is 0 Å². The number of alkyl halides is 2.